The van der Waals surface area contributed by atoms with Crippen LogP contribution in [0.25, 0.3) is 0 Å². The molecule has 0 aliphatic carbocycles. The van der Waals surface area contributed by atoms with E-state index in [2.05, 4.69) is 16.4 Å². The number of nitrogens with one attached hydrogen (secondary N) is 1. The van der Waals surface area contributed by atoms with Crippen LogP contribution in [0.4, 0.5) is 0 Å². The molecule has 1 amide bonds. The number of nitriles is 1. The summed E-state index contributed by atoms with van der Waals surface area (Å²) in [5.74, 6) is 2.03. The van der Waals surface area contributed by atoms with Crippen LogP contribution in [0.2, 0.25) is 0 Å². The molecule has 6 rings (SSSR count). The summed E-state index contributed by atoms with van der Waals surface area (Å²) in [4.78, 5) is 19.6. The van der Waals surface area contributed by atoms with E-state index in [-0.39, 0.29) is 18.0 Å². The van der Waals surface area contributed by atoms with Crippen molar-refractivity contribution in [2.75, 3.05) is 13.2 Å². The fourth-order valence-electron chi connectivity index (χ4n) is 4.97. The van der Waals surface area contributed by atoms with Crippen molar-refractivity contribution >= 4 is 5.91 Å². The number of carbonyl (C=O) groups is 1. The van der Waals surface area contributed by atoms with Crippen LogP contribution in [-0.4, -0.2) is 39.6 Å². The van der Waals surface area contributed by atoms with Crippen LogP contribution in [0, 0.1) is 11.3 Å². The standard InChI is InChI=1S/C25H23N5O3/c26-11-17-2-1-16-9-24(17)33-19-3-4-23-20(10-19)22(6-8-32-23)30-7-5-21(25(30)31)28-13-18-12-27-15-29(18)14-16/h1-4,9-10,12,15,21-22,28H,5-8,13-14H2/t21-,22?/m0/s1. The van der Waals surface area contributed by atoms with Crippen LogP contribution in [0.15, 0.2) is 48.9 Å². The van der Waals surface area contributed by atoms with Gasteiger partial charge in [0.05, 0.1) is 36.3 Å². The first-order valence-electron chi connectivity index (χ1n) is 11.2. The lowest BCUT2D eigenvalue weighted by Gasteiger charge is -2.33. The first kappa shape index (κ1) is 19.8. The average molecular weight is 441 g/mol. The number of nitrogens with zero attached hydrogens (tertiary/aromatic N) is 4. The second-order valence-corrected chi connectivity index (χ2v) is 8.66. The zero-order valence-corrected chi connectivity index (χ0v) is 18.0. The molecule has 1 N–H and O–H groups in total. The topological polar surface area (TPSA) is 92.4 Å². The molecule has 166 valence electrons. The molecule has 0 spiro atoms. The van der Waals surface area contributed by atoms with Gasteiger partial charge in [0, 0.05) is 37.8 Å². The highest BCUT2D eigenvalue weighted by atomic mass is 16.5. The molecule has 6 bridgehead atoms. The summed E-state index contributed by atoms with van der Waals surface area (Å²) in [5.41, 5.74) is 3.42. The van der Waals surface area contributed by atoms with E-state index in [4.69, 9.17) is 9.47 Å². The van der Waals surface area contributed by atoms with E-state index in [0.29, 0.717) is 43.3 Å². The molecule has 0 radical (unpaired) electrons. The van der Waals surface area contributed by atoms with E-state index in [0.717, 1.165) is 35.4 Å². The number of amides is 1. The zero-order valence-electron chi connectivity index (χ0n) is 18.0. The van der Waals surface area contributed by atoms with Crippen molar-refractivity contribution in [3.8, 4) is 23.3 Å². The highest BCUT2D eigenvalue weighted by Gasteiger charge is 2.38. The number of imidazole rings is 1. The zero-order chi connectivity index (χ0) is 22.4. The van der Waals surface area contributed by atoms with E-state index in [1.807, 2.05) is 46.0 Å². The van der Waals surface area contributed by atoms with Gasteiger partial charge in [0.2, 0.25) is 5.91 Å². The second kappa shape index (κ2) is 7.94. The maximum absolute atomic E-state index is 13.3. The third kappa shape index (κ3) is 3.51. The van der Waals surface area contributed by atoms with Crippen LogP contribution in [0.3, 0.4) is 0 Å². The van der Waals surface area contributed by atoms with E-state index in [1.54, 1.807) is 12.4 Å². The van der Waals surface area contributed by atoms with E-state index < -0.39 is 0 Å². The third-order valence-corrected chi connectivity index (χ3v) is 6.68. The lowest BCUT2D eigenvalue weighted by Crippen LogP contribution is -2.40. The Bertz CT molecular complexity index is 1280. The summed E-state index contributed by atoms with van der Waals surface area (Å²) in [7, 11) is 0. The largest absolute Gasteiger partial charge is 0.493 e. The lowest BCUT2D eigenvalue weighted by atomic mass is 9.98. The summed E-state index contributed by atoms with van der Waals surface area (Å²) >= 11 is 0. The summed E-state index contributed by atoms with van der Waals surface area (Å²) in [6.45, 7) is 2.41. The fraction of sp³-hybridized carbons (Fsp3) is 0.320. The molecule has 1 fully saturated rings. The molecule has 0 saturated carbocycles. The lowest BCUT2D eigenvalue weighted by molar-refractivity contribution is -0.132. The number of benzene rings is 2. The molecule has 8 nitrogen and oxygen atoms in total. The summed E-state index contributed by atoms with van der Waals surface area (Å²) in [6.07, 6.45) is 5.11. The van der Waals surface area contributed by atoms with Crippen LogP contribution in [0.5, 0.6) is 17.2 Å². The first-order valence-corrected chi connectivity index (χ1v) is 11.2. The van der Waals surface area contributed by atoms with Gasteiger partial charge in [-0.1, -0.05) is 6.07 Å². The molecule has 33 heavy (non-hydrogen) atoms. The van der Waals surface area contributed by atoms with Crippen molar-refractivity contribution in [2.24, 2.45) is 0 Å². The maximum Gasteiger partial charge on any atom is 0.240 e. The first-order chi connectivity index (χ1) is 16.2. The van der Waals surface area contributed by atoms with Crippen molar-refractivity contribution in [3.05, 3.63) is 71.3 Å². The minimum Gasteiger partial charge on any atom is -0.493 e. The Labute approximate surface area is 191 Å². The van der Waals surface area contributed by atoms with Gasteiger partial charge in [0.25, 0.3) is 0 Å². The van der Waals surface area contributed by atoms with Gasteiger partial charge in [-0.25, -0.2) is 4.98 Å². The summed E-state index contributed by atoms with van der Waals surface area (Å²) in [6, 6.07) is 13.3. The SMILES string of the molecule is N#Cc1ccc2cc1Oc1ccc3c(c1)C(CCO3)N1CC[C@H](NCc3cncn3C2)C1=O. The number of hydrogen-bond acceptors (Lipinski definition) is 6. The van der Waals surface area contributed by atoms with Gasteiger partial charge >= 0.3 is 0 Å². The minimum absolute atomic E-state index is 0.0585. The smallest absolute Gasteiger partial charge is 0.240 e. The van der Waals surface area contributed by atoms with Crippen molar-refractivity contribution < 1.29 is 14.3 Å². The number of fused-ring (bicyclic) bond motifs is 7. The molecule has 2 atom stereocenters. The predicted octanol–water partition coefficient (Wildman–Crippen LogP) is 3.12. The van der Waals surface area contributed by atoms with Gasteiger partial charge in [-0.2, -0.15) is 5.26 Å². The number of aromatic nitrogens is 2. The highest BCUT2D eigenvalue weighted by molar-refractivity contribution is 5.84. The van der Waals surface area contributed by atoms with Crippen molar-refractivity contribution in [2.45, 2.75) is 38.0 Å². The van der Waals surface area contributed by atoms with Gasteiger partial charge in [0.1, 0.15) is 23.3 Å². The van der Waals surface area contributed by atoms with Crippen LogP contribution < -0.4 is 14.8 Å². The third-order valence-electron chi connectivity index (χ3n) is 6.68. The summed E-state index contributed by atoms with van der Waals surface area (Å²) in [5, 5.41) is 13.1. The predicted molar refractivity (Wildman–Crippen MR) is 119 cm³/mol. The Morgan fingerprint density at radius 2 is 2.09 bits per heavy atom. The van der Waals surface area contributed by atoms with Gasteiger partial charge < -0.3 is 24.3 Å². The Hall–Kier alpha value is -3.83. The maximum atomic E-state index is 13.3. The van der Waals surface area contributed by atoms with Crippen molar-refractivity contribution in [3.63, 3.8) is 0 Å². The summed E-state index contributed by atoms with van der Waals surface area (Å²) < 4.78 is 14.1. The average Bonchev–Trinajstić information content (AvgIpc) is 3.43. The Balaban J connectivity index is 1.46. The quantitative estimate of drug-likeness (QED) is 0.576. The van der Waals surface area contributed by atoms with Gasteiger partial charge in [-0.3, -0.25) is 4.79 Å². The van der Waals surface area contributed by atoms with E-state index >= 15 is 0 Å². The van der Waals surface area contributed by atoms with Gasteiger partial charge in [-0.05, 0) is 42.3 Å². The van der Waals surface area contributed by atoms with E-state index in [1.165, 1.54) is 0 Å². The normalized spacial score (nSPS) is 21.5. The molecule has 3 aliphatic rings. The van der Waals surface area contributed by atoms with Gasteiger partial charge in [0.15, 0.2) is 0 Å². The molecule has 1 unspecified atom stereocenters. The number of hydrogen-bond donors (Lipinski definition) is 1. The molecule has 1 aromatic heterocycles. The second-order valence-electron chi connectivity index (χ2n) is 8.66. The van der Waals surface area contributed by atoms with Crippen LogP contribution in [-0.2, 0) is 17.9 Å². The van der Waals surface area contributed by atoms with Crippen molar-refractivity contribution in [1.29, 1.82) is 5.26 Å². The highest BCUT2D eigenvalue weighted by Crippen LogP contribution is 2.41. The molecule has 8 heteroatoms. The minimum atomic E-state index is -0.214. The fourth-order valence-corrected chi connectivity index (χ4v) is 4.97. The Morgan fingerprint density at radius 1 is 1.15 bits per heavy atom. The molecule has 2 aromatic carbocycles. The van der Waals surface area contributed by atoms with Crippen LogP contribution in [0.1, 0.15) is 41.3 Å². The van der Waals surface area contributed by atoms with Crippen molar-refractivity contribution in [1.82, 2.24) is 19.8 Å². The number of ether oxygens (including phenoxy) is 2. The molecule has 3 aromatic rings. The number of rotatable bonds is 0. The molecule has 1 saturated heterocycles. The Kier molecular flexibility index (Phi) is 4.77. The number of carbonyl (C=O) groups excluding carboxylic acids is 1. The monoisotopic (exact) mass is 441 g/mol. The molecular weight excluding hydrogens is 418 g/mol. The van der Waals surface area contributed by atoms with Gasteiger partial charge in [-0.15, -0.1) is 0 Å². The molecular formula is C25H23N5O3. The molecule has 3 aliphatic heterocycles. The van der Waals surface area contributed by atoms with Crippen LogP contribution >= 0.6 is 0 Å². The Morgan fingerprint density at radius 3 is 3.00 bits per heavy atom. The van der Waals surface area contributed by atoms with E-state index in [9.17, 15) is 10.1 Å². The molecule has 4 heterocycles.